The van der Waals surface area contributed by atoms with E-state index in [2.05, 4.69) is 22.6 Å². The second-order valence-corrected chi connectivity index (χ2v) is 9.82. The first-order valence-electron chi connectivity index (χ1n) is 5.71. The molecule has 17 heavy (non-hydrogen) atoms. The van der Waals surface area contributed by atoms with Crippen LogP contribution in [0.3, 0.4) is 0 Å². The molecule has 0 aromatic heterocycles. The van der Waals surface area contributed by atoms with Gasteiger partial charge in [0.05, 0.1) is 3.55 Å². The lowest BCUT2D eigenvalue weighted by Gasteiger charge is -2.32. The highest BCUT2D eigenvalue weighted by Gasteiger charge is 2.48. The molecule has 0 aromatic carbocycles. The summed E-state index contributed by atoms with van der Waals surface area (Å²) in [5.74, 6) is 0.669. The van der Waals surface area contributed by atoms with Crippen molar-refractivity contribution < 1.29 is 18.1 Å². The Labute approximate surface area is 123 Å². The van der Waals surface area contributed by atoms with Crippen molar-refractivity contribution in [3.05, 3.63) is 0 Å². The molecule has 7 heteroatoms. The molecule has 4 nitrogen and oxygen atoms in total. The minimum atomic E-state index is -2.65. The average Bonchev–Trinajstić information content (AvgIpc) is 2.26. The maximum absolute atomic E-state index is 11.0. The maximum atomic E-state index is 11.0. The van der Waals surface area contributed by atoms with Gasteiger partial charge in [-0.05, 0) is 20.8 Å². The van der Waals surface area contributed by atoms with Crippen molar-refractivity contribution in [3.8, 4) is 0 Å². The first-order chi connectivity index (χ1) is 8.02. The SMILES string of the molecule is CCO[Si](OCC)(OCC)C(I)CSC(C)=O. The van der Waals surface area contributed by atoms with Crippen LogP contribution in [-0.2, 0) is 18.1 Å². The van der Waals surface area contributed by atoms with Gasteiger partial charge in [-0.15, -0.1) is 0 Å². The van der Waals surface area contributed by atoms with E-state index in [1.165, 1.54) is 11.8 Å². The first kappa shape index (κ1) is 17.8. The Morgan fingerprint density at radius 2 is 1.59 bits per heavy atom. The number of carbonyl (C=O) groups excluding carboxylic acids is 1. The van der Waals surface area contributed by atoms with E-state index in [1.807, 2.05) is 20.8 Å². The Balaban J connectivity index is 4.64. The van der Waals surface area contributed by atoms with Crippen molar-refractivity contribution in [1.29, 1.82) is 0 Å². The molecule has 0 spiro atoms. The van der Waals surface area contributed by atoms with E-state index in [1.54, 1.807) is 6.92 Å². The molecule has 0 aromatic rings. The lowest BCUT2D eigenvalue weighted by molar-refractivity contribution is -0.109. The van der Waals surface area contributed by atoms with Crippen molar-refractivity contribution in [2.24, 2.45) is 0 Å². The summed E-state index contributed by atoms with van der Waals surface area (Å²) in [6.07, 6.45) is 0. The topological polar surface area (TPSA) is 44.8 Å². The van der Waals surface area contributed by atoms with E-state index in [-0.39, 0.29) is 8.66 Å². The van der Waals surface area contributed by atoms with Crippen LogP contribution < -0.4 is 0 Å². The molecule has 102 valence electrons. The highest BCUT2D eigenvalue weighted by Crippen LogP contribution is 2.25. The number of rotatable bonds is 9. The lowest BCUT2D eigenvalue weighted by Crippen LogP contribution is -2.55. The van der Waals surface area contributed by atoms with E-state index >= 15 is 0 Å². The summed E-state index contributed by atoms with van der Waals surface area (Å²) in [4.78, 5) is 11.0. The number of hydrogen-bond donors (Lipinski definition) is 0. The summed E-state index contributed by atoms with van der Waals surface area (Å²) in [5.41, 5.74) is 0. The molecular formula is C10H21IO4SSi. The molecule has 1 atom stereocenters. The molecule has 0 rings (SSSR count). The highest BCUT2D eigenvalue weighted by atomic mass is 127. The van der Waals surface area contributed by atoms with Gasteiger partial charge >= 0.3 is 8.80 Å². The van der Waals surface area contributed by atoms with Gasteiger partial charge in [0, 0.05) is 32.5 Å². The fourth-order valence-corrected chi connectivity index (χ4v) is 6.90. The number of thioether (sulfide) groups is 1. The van der Waals surface area contributed by atoms with E-state index in [9.17, 15) is 4.79 Å². The smallest absolute Gasteiger partial charge is 0.373 e. The zero-order valence-corrected chi connectivity index (χ0v) is 14.8. The Morgan fingerprint density at radius 3 is 1.88 bits per heavy atom. The van der Waals surface area contributed by atoms with E-state index in [0.717, 1.165) is 0 Å². The summed E-state index contributed by atoms with van der Waals surface area (Å²) in [6, 6.07) is 0. The molecule has 0 saturated heterocycles. The van der Waals surface area contributed by atoms with Crippen LogP contribution in [0.2, 0.25) is 0 Å². The van der Waals surface area contributed by atoms with Gasteiger partial charge < -0.3 is 13.3 Å². The largest absolute Gasteiger partial charge is 0.515 e. The first-order valence-corrected chi connectivity index (χ1v) is 9.75. The zero-order chi connectivity index (χ0) is 13.3. The molecule has 0 aliphatic rings. The normalized spacial score (nSPS) is 13.7. The van der Waals surface area contributed by atoms with Crippen LogP contribution in [0.1, 0.15) is 27.7 Å². The van der Waals surface area contributed by atoms with Gasteiger partial charge in [0.2, 0.25) is 0 Å². The Morgan fingerprint density at radius 1 is 1.18 bits per heavy atom. The minimum Gasteiger partial charge on any atom is -0.373 e. The Bertz CT molecular complexity index is 213. The number of carbonyl (C=O) groups is 1. The quantitative estimate of drug-likeness (QED) is 0.343. The molecule has 0 aliphatic heterocycles. The van der Waals surface area contributed by atoms with Gasteiger partial charge in [0.25, 0.3) is 0 Å². The van der Waals surface area contributed by atoms with Crippen LogP contribution in [0.25, 0.3) is 0 Å². The molecule has 0 amide bonds. The van der Waals surface area contributed by atoms with Crippen LogP contribution >= 0.6 is 34.4 Å². The summed E-state index contributed by atoms with van der Waals surface area (Å²) >= 11 is 3.57. The average molecular weight is 392 g/mol. The van der Waals surface area contributed by atoms with E-state index < -0.39 is 8.80 Å². The number of alkyl halides is 1. The minimum absolute atomic E-state index is 0.0915. The predicted octanol–water partition coefficient (Wildman–Crippen LogP) is 2.66. The fourth-order valence-electron chi connectivity index (χ4n) is 1.29. The van der Waals surface area contributed by atoms with Crippen molar-refractivity contribution in [3.63, 3.8) is 0 Å². The lowest BCUT2D eigenvalue weighted by atomic mass is 10.9. The molecule has 1 unspecified atom stereocenters. The van der Waals surface area contributed by atoms with Gasteiger partial charge in [0.1, 0.15) is 0 Å². The van der Waals surface area contributed by atoms with Crippen molar-refractivity contribution in [2.45, 2.75) is 31.2 Å². The third-order valence-electron chi connectivity index (χ3n) is 1.85. The Hall–Kier alpha value is 0.847. The predicted molar refractivity (Wildman–Crippen MR) is 81.6 cm³/mol. The number of halogens is 1. The molecule has 0 heterocycles. The van der Waals surface area contributed by atoms with Gasteiger partial charge in [-0.25, -0.2) is 0 Å². The van der Waals surface area contributed by atoms with Crippen molar-refractivity contribution in [2.75, 3.05) is 25.6 Å². The van der Waals surface area contributed by atoms with Gasteiger partial charge in [0.15, 0.2) is 5.12 Å². The molecule has 0 fully saturated rings. The zero-order valence-electron chi connectivity index (χ0n) is 10.8. The van der Waals surface area contributed by atoms with Crippen LogP contribution in [0.5, 0.6) is 0 Å². The summed E-state index contributed by atoms with van der Waals surface area (Å²) in [7, 11) is -2.65. The Kier molecular flexibility index (Phi) is 10.2. The highest BCUT2D eigenvalue weighted by molar-refractivity contribution is 14.1. The molecule has 0 N–H and O–H groups in total. The summed E-state index contributed by atoms with van der Waals surface area (Å²) < 4.78 is 17.4. The summed E-state index contributed by atoms with van der Waals surface area (Å²) in [5, 5.41) is 0.110. The van der Waals surface area contributed by atoms with Crippen molar-refractivity contribution in [1.82, 2.24) is 0 Å². The van der Waals surface area contributed by atoms with E-state index in [4.69, 9.17) is 13.3 Å². The van der Waals surface area contributed by atoms with Crippen LogP contribution in [0.4, 0.5) is 0 Å². The molecule has 0 aliphatic carbocycles. The van der Waals surface area contributed by atoms with Gasteiger partial charge in [-0.2, -0.15) is 0 Å². The molecule has 0 radical (unpaired) electrons. The van der Waals surface area contributed by atoms with Gasteiger partial charge in [-0.1, -0.05) is 34.4 Å². The maximum Gasteiger partial charge on any atom is 0.515 e. The second kappa shape index (κ2) is 9.73. The monoisotopic (exact) mass is 392 g/mol. The van der Waals surface area contributed by atoms with Crippen LogP contribution in [-0.4, -0.2) is 43.0 Å². The third kappa shape index (κ3) is 6.53. The second-order valence-electron chi connectivity index (χ2n) is 3.17. The van der Waals surface area contributed by atoms with Gasteiger partial charge in [-0.3, -0.25) is 4.79 Å². The fraction of sp³-hybridized carbons (Fsp3) is 0.900. The molecule has 0 bridgehead atoms. The van der Waals surface area contributed by atoms with Crippen molar-refractivity contribution >= 4 is 48.3 Å². The molecule has 0 saturated carbocycles. The van der Waals surface area contributed by atoms with Crippen LogP contribution in [0.15, 0.2) is 0 Å². The molecular weight excluding hydrogens is 371 g/mol. The van der Waals surface area contributed by atoms with Crippen LogP contribution in [0, 0.1) is 0 Å². The van der Waals surface area contributed by atoms with E-state index in [0.29, 0.717) is 25.6 Å². The standard InChI is InChI=1S/C10H21IO4SSi/c1-5-13-17(14-6-2,15-7-3)10(11)8-16-9(4)12/h10H,5-8H2,1-4H3. The third-order valence-corrected chi connectivity index (χ3v) is 9.43. The summed E-state index contributed by atoms with van der Waals surface area (Å²) in [6.45, 7) is 9.06. The number of hydrogen-bond acceptors (Lipinski definition) is 5.